The molecule has 2 saturated heterocycles. The van der Waals surface area contributed by atoms with E-state index in [-0.39, 0.29) is 5.79 Å². The first-order valence-corrected chi connectivity index (χ1v) is 6.37. The molecule has 1 N–H and O–H groups in total. The SMILES string of the molecule is CNCC1OCC2CC3(CCC21)OCCO3. The van der Waals surface area contributed by atoms with E-state index in [1.165, 1.54) is 6.42 Å². The molecule has 3 unspecified atom stereocenters. The Bertz CT molecular complexity index is 253. The summed E-state index contributed by atoms with van der Waals surface area (Å²) in [6.07, 6.45) is 3.64. The van der Waals surface area contributed by atoms with E-state index < -0.39 is 0 Å². The number of ether oxygens (including phenoxy) is 3. The van der Waals surface area contributed by atoms with Crippen molar-refractivity contribution in [2.24, 2.45) is 11.8 Å². The zero-order chi connectivity index (χ0) is 11.0. The van der Waals surface area contributed by atoms with E-state index in [4.69, 9.17) is 14.2 Å². The maximum atomic E-state index is 5.87. The van der Waals surface area contributed by atoms with Crippen LogP contribution in [0, 0.1) is 11.8 Å². The molecular formula is C12H21NO3. The van der Waals surface area contributed by atoms with Gasteiger partial charge in [-0.2, -0.15) is 0 Å². The van der Waals surface area contributed by atoms with Gasteiger partial charge in [-0.05, 0) is 25.3 Å². The molecule has 1 aliphatic carbocycles. The summed E-state index contributed by atoms with van der Waals surface area (Å²) in [7, 11) is 1.99. The van der Waals surface area contributed by atoms with Crippen LogP contribution in [0.15, 0.2) is 0 Å². The first-order valence-electron chi connectivity index (χ1n) is 6.37. The number of fused-ring (bicyclic) bond motifs is 1. The highest BCUT2D eigenvalue weighted by molar-refractivity contribution is 4.94. The van der Waals surface area contributed by atoms with Crippen LogP contribution in [0.4, 0.5) is 0 Å². The number of rotatable bonds is 2. The van der Waals surface area contributed by atoms with E-state index in [1.54, 1.807) is 0 Å². The van der Waals surface area contributed by atoms with E-state index in [0.717, 1.165) is 39.2 Å². The molecule has 16 heavy (non-hydrogen) atoms. The van der Waals surface area contributed by atoms with Gasteiger partial charge in [0.2, 0.25) is 0 Å². The fraction of sp³-hybridized carbons (Fsp3) is 1.00. The van der Waals surface area contributed by atoms with Crippen LogP contribution in [0.1, 0.15) is 19.3 Å². The summed E-state index contributed by atoms with van der Waals surface area (Å²) in [4.78, 5) is 0. The fourth-order valence-corrected chi connectivity index (χ4v) is 3.49. The van der Waals surface area contributed by atoms with Crippen molar-refractivity contribution in [1.29, 1.82) is 0 Å². The quantitative estimate of drug-likeness (QED) is 0.756. The van der Waals surface area contributed by atoms with Crippen molar-refractivity contribution < 1.29 is 14.2 Å². The summed E-state index contributed by atoms with van der Waals surface area (Å²) >= 11 is 0. The molecule has 92 valence electrons. The van der Waals surface area contributed by atoms with Crippen LogP contribution in [0.5, 0.6) is 0 Å². The van der Waals surface area contributed by atoms with E-state index in [2.05, 4.69) is 5.32 Å². The maximum absolute atomic E-state index is 5.87. The smallest absolute Gasteiger partial charge is 0.168 e. The molecule has 0 bridgehead atoms. The van der Waals surface area contributed by atoms with Gasteiger partial charge in [0.1, 0.15) is 0 Å². The predicted octanol–water partition coefficient (Wildman–Crippen LogP) is 0.764. The molecule has 1 spiro atoms. The number of nitrogens with one attached hydrogen (secondary N) is 1. The maximum Gasteiger partial charge on any atom is 0.168 e. The highest BCUT2D eigenvalue weighted by Crippen LogP contribution is 2.46. The molecule has 3 fully saturated rings. The third-order valence-electron chi connectivity index (χ3n) is 4.26. The average molecular weight is 227 g/mol. The van der Waals surface area contributed by atoms with Gasteiger partial charge in [-0.1, -0.05) is 0 Å². The Balaban J connectivity index is 1.65. The molecule has 3 aliphatic rings. The van der Waals surface area contributed by atoms with Gasteiger partial charge in [-0.25, -0.2) is 0 Å². The zero-order valence-electron chi connectivity index (χ0n) is 9.91. The lowest BCUT2D eigenvalue weighted by Crippen LogP contribution is -2.42. The van der Waals surface area contributed by atoms with E-state index in [1.807, 2.05) is 7.05 Å². The number of hydrogen-bond donors (Lipinski definition) is 1. The topological polar surface area (TPSA) is 39.7 Å². The minimum absolute atomic E-state index is 0.251. The van der Waals surface area contributed by atoms with Gasteiger partial charge >= 0.3 is 0 Å². The molecule has 0 aromatic carbocycles. The van der Waals surface area contributed by atoms with Crippen molar-refractivity contribution >= 4 is 0 Å². The van der Waals surface area contributed by atoms with Crippen molar-refractivity contribution in [3.05, 3.63) is 0 Å². The van der Waals surface area contributed by atoms with Gasteiger partial charge in [-0.3, -0.25) is 0 Å². The molecule has 0 aromatic heterocycles. The highest BCUT2D eigenvalue weighted by Gasteiger charge is 2.49. The lowest BCUT2D eigenvalue weighted by atomic mass is 9.75. The Morgan fingerprint density at radius 1 is 1.31 bits per heavy atom. The van der Waals surface area contributed by atoms with Gasteiger partial charge < -0.3 is 19.5 Å². The number of hydrogen-bond acceptors (Lipinski definition) is 4. The zero-order valence-corrected chi connectivity index (χ0v) is 9.91. The summed E-state index contributed by atoms with van der Waals surface area (Å²) in [5.74, 6) is 1.08. The van der Waals surface area contributed by atoms with Crippen LogP contribution in [0.25, 0.3) is 0 Å². The predicted molar refractivity (Wildman–Crippen MR) is 59.1 cm³/mol. The van der Waals surface area contributed by atoms with Gasteiger partial charge in [0.25, 0.3) is 0 Å². The summed E-state index contributed by atoms with van der Waals surface area (Å²) in [6.45, 7) is 3.37. The van der Waals surface area contributed by atoms with Crippen LogP contribution in [-0.2, 0) is 14.2 Å². The lowest BCUT2D eigenvalue weighted by molar-refractivity contribution is -0.191. The van der Waals surface area contributed by atoms with Crippen molar-refractivity contribution in [2.75, 3.05) is 33.4 Å². The van der Waals surface area contributed by atoms with Gasteiger partial charge in [0, 0.05) is 19.4 Å². The molecule has 1 saturated carbocycles. The largest absolute Gasteiger partial charge is 0.376 e. The second-order valence-electron chi connectivity index (χ2n) is 5.20. The molecule has 2 heterocycles. The minimum atomic E-state index is -0.251. The summed E-state index contributed by atoms with van der Waals surface area (Å²) in [6, 6.07) is 0. The second kappa shape index (κ2) is 4.26. The van der Waals surface area contributed by atoms with Gasteiger partial charge in [-0.15, -0.1) is 0 Å². The van der Waals surface area contributed by atoms with Crippen LogP contribution in [-0.4, -0.2) is 45.3 Å². The standard InChI is InChI=1S/C12H21NO3/c1-13-7-11-10-2-3-12(15-4-5-16-12)6-9(10)8-14-11/h9-11,13H,2-8H2,1H3. The summed E-state index contributed by atoms with van der Waals surface area (Å²) in [5.41, 5.74) is 0. The highest BCUT2D eigenvalue weighted by atomic mass is 16.7. The molecular weight excluding hydrogens is 206 g/mol. The molecule has 3 rings (SSSR count). The Hall–Kier alpha value is -0.160. The molecule has 0 amide bonds. The van der Waals surface area contributed by atoms with Crippen LogP contribution < -0.4 is 5.32 Å². The summed E-state index contributed by atoms with van der Waals surface area (Å²) < 4.78 is 17.5. The average Bonchev–Trinajstić information content (AvgIpc) is 2.88. The van der Waals surface area contributed by atoms with Gasteiger partial charge in [0.15, 0.2) is 5.79 Å². The fourth-order valence-electron chi connectivity index (χ4n) is 3.49. The lowest BCUT2D eigenvalue weighted by Gasteiger charge is -2.38. The number of likely N-dealkylation sites (N-methyl/N-ethyl adjacent to an activating group) is 1. The van der Waals surface area contributed by atoms with Crippen molar-refractivity contribution in [3.63, 3.8) is 0 Å². The first-order chi connectivity index (χ1) is 7.83. The van der Waals surface area contributed by atoms with Crippen LogP contribution in [0.2, 0.25) is 0 Å². The Morgan fingerprint density at radius 3 is 2.88 bits per heavy atom. The molecule has 2 aliphatic heterocycles. The molecule has 0 aromatic rings. The van der Waals surface area contributed by atoms with Crippen molar-refractivity contribution in [2.45, 2.75) is 31.2 Å². The Labute approximate surface area is 96.6 Å². The van der Waals surface area contributed by atoms with Crippen LogP contribution in [0.3, 0.4) is 0 Å². The molecule has 3 atom stereocenters. The second-order valence-corrected chi connectivity index (χ2v) is 5.20. The van der Waals surface area contributed by atoms with Gasteiger partial charge in [0.05, 0.1) is 25.9 Å². The van der Waals surface area contributed by atoms with Crippen LogP contribution >= 0.6 is 0 Å². The minimum Gasteiger partial charge on any atom is -0.376 e. The Morgan fingerprint density at radius 2 is 2.12 bits per heavy atom. The molecule has 4 nitrogen and oxygen atoms in total. The third kappa shape index (κ3) is 1.78. The Kier molecular flexibility index (Phi) is 2.92. The summed E-state index contributed by atoms with van der Waals surface area (Å²) in [5, 5.41) is 3.22. The van der Waals surface area contributed by atoms with E-state index in [0.29, 0.717) is 17.9 Å². The normalized spacial score (nSPS) is 41.4. The molecule has 0 radical (unpaired) electrons. The first kappa shape index (κ1) is 11.0. The monoisotopic (exact) mass is 227 g/mol. The molecule has 4 heteroatoms. The van der Waals surface area contributed by atoms with Crippen molar-refractivity contribution in [3.8, 4) is 0 Å². The third-order valence-corrected chi connectivity index (χ3v) is 4.26. The van der Waals surface area contributed by atoms with E-state index in [9.17, 15) is 0 Å². The van der Waals surface area contributed by atoms with E-state index >= 15 is 0 Å². The van der Waals surface area contributed by atoms with Crippen molar-refractivity contribution in [1.82, 2.24) is 5.32 Å².